The van der Waals surface area contributed by atoms with Gasteiger partial charge in [0.15, 0.2) is 0 Å². The maximum atomic E-state index is 11.6. The number of hydrogen-bond donors (Lipinski definition) is 2. The Labute approximate surface area is 112 Å². The Hall–Kier alpha value is -1.43. The Morgan fingerprint density at radius 2 is 2.28 bits per heavy atom. The molecule has 3 N–H and O–H groups in total. The van der Waals surface area contributed by atoms with Crippen LogP contribution in [0.25, 0.3) is 0 Å². The minimum absolute atomic E-state index is 0.127. The lowest BCUT2D eigenvalue weighted by atomic mass is 10.2. The molecule has 0 aliphatic rings. The number of thiocarbonyl (C=S) groups is 1. The van der Waals surface area contributed by atoms with Crippen molar-refractivity contribution in [2.45, 2.75) is 39.7 Å². The molecule has 1 aromatic heterocycles. The largest absolute Gasteiger partial charge is 0.393 e. The molecule has 0 spiro atoms. The van der Waals surface area contributed by atoms with E-state index in [0.29, 0.717) is 36.0 Å². The predicted molar refractivity (Wildman–Crippen MR) is 78.1 cm³/mol. The molecule has 0 amide bonds. The fourth-order valence-electron chi connectivity index (χ4n) is 1.68. The van der Waals surface area contributed by atoms with Crippen LogP contribution >= 0.6 is 12.2 Å². The molecule has 0 atom stereocenters. The van der Waals surface area contributed by atoms with Crippen LogP contribution in [0.5, 0.6) is 0 Å². The molecule has 0 unspecified atom stereocenters. The van der Waals surface area contributed by atoms with Crippen molar-refractivity contribution in [2.24, 2.45) is 5.73 Å². The standard InChI is InChI=1S/C12H20N4OS/c1-4-10-14-11(7-12(17)15-10)16(8(2)3)6-5-9(13)18/h7-8H,4-6H2,1-3H3,(H2,13,18)(H,14,15,17). The monoisotopic (exact) mass is 268 g/mol. The van der Waals surface area contributed by atoms with E-state index in [1.165, 1.54) is 6.07 Å². The van der Waals surface area contributed by atoms with Crippen LogP contribution in [0, 0.1) is 0 Å². The number of aromatic amines is 1. The number of aryl methyl sites for hydroxylation is 1. The summed E-state index contributed by atoms with van der Waals surface area (Å²) in [7, 11) is 0. The molecular formula is C12H20N4OS. The lowest BCUT2D eigenvalue weighted by molar-refractivity contribution is 0.675. The number of nitrogens with one attached hydrogen (secondary N) is 1. The van der Waals surface area contributed by atoms with Gasteiger partial charge in [-0.25, -0.2) is 4.98 Å². The van der Waals surface area contributed by atoms with Crippen LogP contribution in [0.1, 0.15) is 33.0 Å². The molecule has 0 bridgehead atoms. The van der Waals surface area contributed by atoms with Gasteiger partial charge < -0.3 is 15.6 Å². The van der Waals surface area contributed by atoms with Crippen LogP contribution in [0.2, 0.25) is 0 Å². The van der Waals surface area contributed by atoms with Gasteiger partial charge in [0, 0.05) is 31.5 Å². The SMILES string of the molecule is CCc1nc(N(CCC(N)=S)C(C)C)cc(=O)[nH]1. The topological polar surface area (TPSA) is 75.0 Å². The minimum atomic E-state index is -0.127. The van der Waals surface area contributed by atoms with E-state index in [2.05, 4.69) is 9.97 Å². The second-order valence-corrected chi connectivity index (χ2v) is 4.93. The van der Waals surface area contributed by atoms with Gasteiger partial charge in [0.05, 0.1) is 4.99 Å². The van der Waals surface area contributed by atoms with E-state index in [0.717, 1.165) is 0 Å². The highest BCUT2D eigenvalue weighted by molar-refractivity contribution is 7.80. The van der Waals surface area contributed by atoms with E-state index in [9.17, 15) is 4.79 Å². The molecule has 0 aliphatic heterocycles. The van der Waals surface area contributed by atoms with Gasteiger partial charge in [0.25, 0.3) is 5.56 Å². The summed E-state index contributed by atoms with van der Waals surface area (Å²) < 4.78 is 0. The zero-order valence-electron chi connectivity index (χ0n) is 11.1. The molecule has 1 aromatic rings. The van der Waals surface area contributed by atoms with Crippen LogP contribution in [-0.2, 0) is 6.42 Å². The third-order valence-electron chi connectivity index (χ3n) is 2.63. The van der Waals surface area contributed by atoms with Crippen molar-refractivity contribution in [3.63, 3.8) is 0 Å². The summed E-state index contributed by atoms with van der Waals surface area (Å²) >= 11 is 4.89. The lowest BCUT2D eigenvalue weighted by Crippen LogP contribution is -2.35. The average molecular weight is 268 g/mol. The van der Waals surface area contributed by atoms with E-state index in [-0.39, 0.29) is 11.6 Å². The van der Waals surface area contributed by atoms with Gasteiger partial charge in [-0.3, -0.25) is 4.79 Å². The van der Waals surface area contributed by atoms with Crippen molar-refractivity contribution in [2.75, 3.05) is 11.4 Å². The van der Waals surface area contributed by atoms with E-state index in [4.69, 9.17) is 18.0 Å². The third-order valence-corrected chi connectivity index (χ3v) is 2.83. The van der Waals surface area contributed by atoms with Crippen molar-refractivity contribution in [3.05, 3.63) is 22.2 Å². The molecule has 0 saturated heterocycles. The van der Waals surface area contributed by atoms with Gasteiger partial charge in [-0.05, 0) is 13.8 Å². The van der Waals surface area contributed by atoms with Crippen molar-refractivity contribution >= 4 is 23.0 Å². The van der Waals surface area contributed by atoms with Gasteiger partial charge in [0.2, 0.25) is 0 Å². The lowest BCUT2D eigenvalue weighted by Gasteiger charge is -2.27. The first-order chi connectivity index (χ1) is 8.43. The van der Waals surface area contributed by atoms with Crippen molar-refractivity contribution in [1.82, 2.24) is 9.97 Å². The van der Waals surface area contributed by atoms with E-state index < -0.39 is 0 Å². The van der Waals surface area contributed by atoms with Gasteiger partial charge >= 0.3 is 0 Å². The summed E-state index contributed by atoms with van der Waals surface area (Å²) in [6, 6.07) is 1.75. The Morgan fingerprint density at radius 3 is 2.78 bits per heavy atom. The van der Waals surface area contributed by atoms with Gasteiger partial charge in [0.1, 0.15) is 11.6 Å². The average Bonchev–Trinajstić information content (AvgIpc) is 2.27. The highest BCUT2D eigenvalue weighted by atomic mass is 32.1. The van der Waals surface area contributed by atoms with E-state index in [1.807, 2.05) is 25.7 Å². The molecule has 0 aromatic carbocycles. The summed E-state index contributed by atoms with van der Waals surface area (Å²) in [5.41, 5.74) is 5.39. The molecular weight excluding hydrogens is 248 g/mol. The molecule has 0 radical (unpaired) electrons. The summed E-state index contributed by atoms with van der Waals surface area (Å²) in [4.78, 5) is 21.2. The molecule has 6 heteroatoms. The fraction of sp³-hybridized carbons (Fsp3) is 0.583. The van der Waals surface area contributed by atoms with Crippen LogP contribution in [0.15, 0.2) is 10.9 Å². The quantitative estimate of drug-likeness (QED) is 0.759. The molecule has 0 saturated carbocycles. The first-order valence-corrected chi connectivity index (χ1v) is 6.50. The van der Waals surface area contributed by atoms with Crippen molar-refractivity contribution in [1.29, 1.82) is 0 Å². The fourth-order valence-corrected chi connectivity index (χ4v) is 1.77. The van der Waals surface area contributed by atoms with Crippen molar-refractivity contribution in [3.8, 4) is 0 Å². The Morgan fingerprint density at radius 1 is 1.61 bits per heavy atom. The summed E-state index contributed by atoms with van der Waals surface area (Å²) in [5.74, 6) is 1.38. The predicted octanol–water partition coefficient (Wildman–Crippen LogP) is 1.22. The third kappa shape index (κ3) is 4.10. The van der Waals surface area contributed by atoms with Gasteiger partial charge in [-0.1, -0.05) is 19.1 Å². The minimum Gasteiger partial charge on any atom is -0.393 e. The Kier molecular flexibility index (Phi) is 5.27. The molecule has 18 heavy (non-hydrogen) atoms. The first-order valence-electron chi connectivity index (χ1n) is 6.09. The van der Waals surface area contributed by atoms with Crippen LogP contribution in [-0.4, -0.2) is 27.5 Å². The van der Waals surface area contributed by atoms with Gasteiger partial charge in [-0.2, -0.15) is 0 Å². The van der Waals surface area contributed by atoms with E-state index >= 15 is 0 Å². The molecule has 1 heterocycles. The first kappa shape index (κ1) is 14.6. The maximum Gasteiger partial charge on any atom is 0.252 e. The number of aromatic nitrogens is 2. The molecule has 100 valence electrons. The number of nitrogens with zero attached hydrogens (tertiary/aromatic N) is 2. The molecule has 0 aliphatic carbocycles. The summed E-state index contributed by atoms with van der Waals surface area (Å²) in [6.45, 7) is 6.73. The molecule has 1 rings (SSSR count). The number of anilines is 1. The zero-order valence-corrected chi connectivity index (χ0v) is 11.9. The Balaban J connectivity index is 3.01. The molecule has 5 nitrogen and oxygen atoms in total. The zero-order chi connectivity index (χ0) is 13.7. The van der Waals surface area contributed by atoms with Gasteiger partial charge in [-0.15, -0.1) is 0 Å². The normalized spacial score (nSPS) is 10.7. The molecule has 0 fully saturated rings. The van der Waals surface area contributed by atoms with Crippen LogP contribution < -0.4 is 16.2 Å². The highest BCUT2D eigenvalue weighted by Gasteiger charge is 2.13. The van der Waals surface area contributed by atoms with Crippen molar-refractivity contribution < 1.29 is 0 Å². The summed E-state index contributed by atoms with van der Waals surface area (Å²) in [5, 5.41) is 0. The van der Waals surface area contributed by atoms with Crippen LogP contribution in [0.3, 0.4) is 0 Å². The smallest absolute Gasteiger partial charge is 0.252 e. The number of hydrogen-bond acceptors (Lipinski definition) is 4. The summed E-state index contributed by atoms with van der Waals surface area (Å²) in [6.07, 6.45) is 1.31. The Bertz CT molecular complexity index is 469. The number of nitrogens with two attached hydrogens (primary N) is 1. The highest BCUT2D eigenvalue weighted by Crippen LogP contribution is 2.12. The second-order valence-electron chi connectivity index (χ2n) is 4.41. The second kappa shape index (κ2) is 6.49. The number of rotatable bonds is 6. The van der Waals surface area contributed by atoms with E-state index in [1.54, 1.807) is 0 Å². The maximum absolute atomic E-state index is 11.6. The van der Waals surface area contributed by atoms with Crippen LogP contribution in [0.4, 0.5) is 5.82 Å². The number of H-pyrrole nitrogens is 1.